The molecule has 0 aliphatic carbocycles. The molecule has 2 aromatic carbocycles. The third kappa shape index (κ3) is 3.94. The normalized spacial score (nSPS) is 22.9. The molecule has 0 unspecified atom stereocenters. The van der Waals surface area contributed by atoms with Crippen molar-refractivity contribution >= 4 is 24.3 Å². The molecule has 1 fully saturated rings. The van der Waals surface area contributed by atoms with Crippen LogP contribution in [0.25, 0.3) is 10.8 Å². The number of rotatable bonds is 7. The van der Waals surface area contributed by atoms with E-state index in [2.05, 4.69) is 5.32 Å². The van der Waals surface area contributed by atoms with E-state index in [0.29, 0.717) is 6.42 Å². The molecule has 6 nitrogen and oxygen atoms in total. The number of esters is 1. The van der Waals surface area contributed by atoms with E-state index < -0.39 is 19.3 Å². The van der Waals surface area contributed by atoms with Crippen molar-refractivity contribution in [3.05, 3.63) is 48.0 Å². The van der Waals surface area contributed by atoms with Gasteiger partial charge < -0.3 is 13.8 Å². The number of fused-ring (bicyclic) bond motifs is 1. The summed E-state index contributed by atoms with van der Waals surface area (Å²) < 4.78 is 29.3. The highest BCUT2D eigenvalue weighted by molar-refractivity contribution is 7.54. The summed E-state index contributed by atoms with van der Waals surface area (Å²) in [4.78, 5) is 12.5. The lowest BCUT2D eigenvalue weighted by Crippen LogP contribution is -2.28. The van der Waals surface area contributed by atoms with Crippen LogP contribution in [0.2, 0.25) is 0 Å². The summed E-state index contributed by atoms with van der Waals surface area (Å²) in [5.41, 5.74) is 0.977. The number of hydrogen-bond donors (Lipinski definition) is 1. The molecule has 7 heteroatoms. The highest BCUT2D eigenvalue weighted by Crippen LogP contribution is 2.57. The third-order valence-corrected chi connectivity index (χ3v) is 7.27. The number of ether oxygens (including phenoxy) is 1. The van der Waals surface area contributed by atoms with Crippen molar-refractivity contribution in [2.75, 3.05) is 20.3 Å². The molecule has 1 heterocycles. The zero-order valence-corrected chi connectivity index (χ0v) is 16.8. The van der Waals surface area contributed by atoms with E-state index in [4.69, 9.17) is 13.8 Å². The van der Waals surface area contributed by atoms with E-state index in [1.54, 1.807) is 13.8 Å². The Balaban J connectivity index is 2.02. The first-order chi connectivity index (χ1) is 13.0. The van der Waals surface area contributed by atoms with Gasteiger partial charge in [0.15, 0.2) is 0 Å². The predicted molar refractivity (Wildman–Crippen MR) is 105 cm³/mol. The molecule has 3 atom stereocenters. The second-order valence-corrected chi connectivity index (χ2v) is 8.69. The van der Waals surface area contributed by atoms with Gasteiger partial charge in [-0.1, -0.05) is 42.5 Å². The van der Waals surface area contributed by atoms with Crippen LogP contribution >= 0.6 is 7.60 Å². The van der Waals surface area contributed by atoms with Crippen LogP contribution in [-0.2, 0) is 23.1 Å². The topological polar surface area (TPSA) is 73.9 Å². The van der Waals surface area contributed by atoms with Crippen molar-refractivity contribution in [2.24, 2.45) is 5.92 Å². The molecule has 146 valence electrons. The van der Waals surface area contributed by atoms with Crippen LogP contribution in [-0.4, -0.2) is 32.1 Å². The largest absolute Gasteiger partial charge is 0.469 e. The molecule has 0 spiro atoms. The SMILES string of the molecule is CCOP(=O)(OCC)[C@@H]1C[C@H](C(=O)OC)[C@H](c2cccc3ccccc23)N1. The maximum Gasteiger partial charge on any atom is 0.347 e. The Morgan fingerprint density at radius 1 is 1.11 bits per heavy atom. The average Bonchev–Trinajstić information content (AvgIpc) is 3.13. The lowest BCUT2D eigenvalue weighted by Gasteiger charge is -2.24. The second kappa shape index (κ2) is 8.53. The van der Waals surface area contributed by atoms with Crippen molar-refractivity contribution in [1.29, 1.82) is 0 Å². The van der Waals surface area contributed by atoms with Crippen LogP contribution < -0.4 is 5.32 Å². The molecule has 2 aromatic rings. The first-order valence-electron chi connectivity index (χ1n) is 9.24. The van der Waals surface area contributed by atoms with Crippen molar-refractivity contribution in [3.63, 3.8) is 0 Å². The van der Waals surface area contributed by atoms with Crippen LogP contribution in [0.3, 0.4) is 0 Å². The summed E-state index contributed by atoms with van der Waals surface area (Å²) in [5.74, 6) is -1.37. The van der Waals surface area contributed by atoms with Gasteiger partial charge >= 0.3 is 13.6 Å². The van der Waals surface area contributed by atoms with E-state index in [9.17, 15) is 9.36 Å². The van der Waals surface area contributed by atoms with E-state index >= 15 is 0 Å². The molecule has 0 radical (unpaired) electrons. The standard InChI is InChI=1S/C20H26NO5P/c1-4-25-27(23,26-5-2)18-13-17(20(22)24-3)19(21-18)16-12-8-10-14-9-6-7-11-15(14)16/h6-12,17-19,21H,4-5,13H2,1-3H3/t17-,18+,19-/m0/s1. The fourth-order valence-corrected chi connectivity index (χ4v) is 5.76. The Hall–Kier alpha value is -1.72. The van der Waals surface area contributed by atoms with Crippen LogP contribution in [0.5, 0.6) is 0 Å². The number of carbonyl (C=O) groups excluding carboxylic acids is 1. The summed E-state index contributed by atoms with van der Waals surface area (Å²) in [7, 11) is -2.02. The molecule has 27 heavy (non-hydrogen) atoms. The second-order valence-electron chi connectivity index (χ2n) is 6.47. The Morgan fingerprint density at radius 2 is 1.78 bits per heavy atom. The first-order valence-corrected chi connectivity index (χ1v) is 10.9. The molecule has 1 aliphatic rings. The summed E-state index contributed by atoms with van der Waals surface area (Å²) in [6, 6.07) is 13.7. The summed E-state index contributed by atoms with van der Waals surface area (Å²) in [5, 5.41) is 5.50. The number of nitrogens with one attached hydrogen (secondary N) is 1. The molecule has 1 saturated heterocycles. The molecule has 1 N–H and O–H groups in total. The Labute approximate surface area is 159 Å². The van der Waals surface area contributed by atoms with Crippen molar-refractivity contribution in [1.82, 2.24) is 5.32 Å². The molecule has 1 aliphatic heterocycles. The van der Waals surface area contributed by atoms with Gasteiger partial charge in [-0.15, -0.1) is 0 Å². The molecule has 0 aromatic heterocycles. The summed E-state index contributed by atoms with van der Waals surface area (Å²) in [6.07, 6.45) is 0.331. The fraction of sp³-hybridized carbons (Fsp3) is 0.450. The minimum absolute atomic E-state index is 0.275. The van der Waals surface area contributed by atoms with Crippen molar-refractivity contribution in [3.8, 4) is 0 Å². The van der Waals surface area contributed by atoms with Crippen molar-refractivity contribution in [2.45, 2.75) is 32.1 Å². The lowest BCUT2D eigenvalue weighted by molar-refractivity contribution is -0.145. The summed E-state index contributed by atoms with van der Waals surface area (Å²) in [6.45, 7) is 4.11. The van der Waals surface area contributed by atoms with Gasteiger partial charge in [-0.25, -0.2) is 0 Å². The van der Waals surface area contributed by atoms with Gasteiger partial charge in [0.05, 0.1) is 26.2 Å². The molecule has 3 rings (SSSR count). The van der Waals surface area contributed by atoms with Crippen LogP contribution in [0.1, 0.15) is 31.9 Å². The van der Waals surface area contributed by atoms with Gasteiger partial charge in [0.2, 0.25) is 0 Å². The Morgan fingerprint density at radius 3 is 2.44 bits per heavy atom. The lowest BCUT2D eigenvalue weighted by atomic mass is 9.91. The highest BCUT2D eigenvalue weighted by atomic mass is 31.2. The number of hydrogen-bond acceptors (Lipinski definition) is 6. The van der Waals surface area contributed by atoms with Crippen LogP contribution in [0.4, 0.5) is 0 Å². The van der Waals surface area contributed by atoms with Gasteiger partial charge in [0.1, 0.15) is 5.78 Å². The van der Waals surface area contributed by atoms with Crippen LogP contribution in [0, 0.1) is 5.92 Å². The number of benzene rings is 2. The maximum atomic E-state index is 13.3. The monoisotopic (exact) mass is 391 g/mol. The van der Waals surface area contributed by atoms with Gasteiger partial charge in [-0.2, -0.15) is 0 Å². The third-order valence-electron chi connectivity index (χ3n) is 4.91. The summed E-state index contributed by atoms with van der Waals surface area (Å²) >= 11 is 0. The zero-order chi connectivity index (χ0) is 19.4. The molecule has 0 amide bonds. The van der Waals surface area contributed by atoms with Gasteiger partial charge in [0, 0.05) is 6.04 Å². The minimum atomic E-state index is -3.39. The highest BCUT2D eigenvalue weighted by Gasteiger charge is 2.49. The van der Waals surface area contributed by atoms with Crippen LogP contribution in [0.15, 0.2) is 42.5 Å². The Kier molecular flexibility index (Phi) is 6.33. The number of methoxy groups -OCH3 is 1. The molecule has 0 bridgehead atoms. The van der Waals surface area contributed by atoms with E-state index in [-0.39, 0.29) is 25.2 Å². The van der Waals surface area contributed by atoms with Gasteiger partial charge in [0.25, 0.3) is 0 Å². The van der Waals surface area contributed by atoms with E-state index in [1.807, 2.05) is 42.5 Å². The molecule has 0 saturated carbocycles. The maximum absolute atomic E-state index is 13.3. The molecular weight excluding hydrogens is 365 g/mol. The smallest absolute Gasteiger partial charge is 0.347 e. The first kappa shape index (κ1) is 20.0. The van der Waals surface area contributed by atoms with Gasteiger partial charge in [-0.3, -0.25) is 14.7 Å². The van der Waals surface area contributed by atoms with Crippen molar-refractivity contribution < 1.29 is 23.1 Å². The van der Waals surface area contributed by atoms with E-state index in [0.717, 1.165) is 16.3 Å². The average molecular weight is 391 g/mol. The minimum Gasteiger partial charge on any atom is -0.469 e. The number of carbonyl (C=O) groups is 1. The fourth-order valence-electron chi connectivity index (χ4n) is 3.78. The van der Waals surface area contributed by atoms with E-state index in [1.165, 1.54) is 7.11 Å². The van der Waals surface area contributed by atoms with Gasteiger partial charge in [-0.05, 0) is 36.6 Å². The Bertz CT molecular complexity index is 840. The quantitative estimate of drug-likeness (QED) is 0.562. The zero-order valence-electron chi connectivity index (χ0n) is 15.9. The molecular formula is C20H26NO5P. The predicted octanol–water partition coefficient (Wildman–Crippen LogP) is 4.26.